The number of rotatable bonds is 6. The average molecular weight is 263 g/mol. The fourth-order valence-corrected chi connectivity index (χ4v) is 1.20. The Morgan fingerprint density at radius 2 is 2.07 bits per heavy atom. The fourth-order valence-electron chi connectivity index (χ4n) is 1.20. The van der Waals surface area contributed by atoms with Crippen LogP contribution in [-0.4, -0.2) is 11.3 Å². The van der Waals surface area contributed by atoms with Crippen molar-refractivity contribution in [1.29, 1.82) is 0 Å². The first-order chi connectivity index (χ1) is 6.33. The molecule has 0 aliphatic rings. The first-order valence-electron chi connectivity index (χ1n) is 4.99. The Balaban J connectivity index is 0.00000169. The zero-order chi connectivity index (χ0) is 9.52. The molecule has 0 amide bonds. The molecular formula is C10H19BrN2O. The highest BCUT2D eigenvalue weighted by Gasteiger charge is 1.99. The molecule has 14 heavy (non-hydrogen) atoms. The molecule has 1 aromatic rings. The van der Waals surface area contributed by atoms with E-state index in [1.165, 1.54) is 19.3 Å². The largest absolute Gasteiger partial charge is 1.00 e. The van der Waals surface area contributed by atoms with Crippen LogP contribution in [0.4, 0.5) is 0 Å². The summed E-state index contributed by atoms with van der Waals surface area (Å²) in [5.74, 6) is 0. The molecule has 82 valence electrons. The Hall–Kier alpha value is -0.510. The van der Waals surface area contributed by atoms with Crippen molar-refractivity contribution in [2.75, 3.05) is 6.61 Å². The van der Waals surface area contributed by atoms with Crippen molar-refractivity contribution in [3.8, 4) is 0 Å². The molecule has 0 saturated carbocycles. The Labute approximate surface area is 96.4 Å². The zero-order valence-electron chi connectivity index (χ0n) is 8.95. The lowest BCUT2D eigenvalue weighted by Crippen LogP contribution is -3.00. The Morgan fingerprint density at radius 1 is 1.29 bits per heavy atom. The van der Waals surface area contributed by atoms with Crippen molar-refractivity contribution >= 4 is 0 Å². The monoisotopic (exact) mass is 262 g/mol. The van der Waals surface area contributed by atoms with Crippen molar-refractivity contribution in [2.24, 2.45) is 7.05 Å². The van der Waals surface area contributed by atoms with E-state index in [-0.39, 0.29) is 17.0 Å². The molecule has 0 aromatic carbocycles. The second-order valence-corrected chi connectivity index (χ2v) is 3.33. The van der Waals surface area contributed by atoms with Gasteiger partial charge in [0, 0.05) is 0 Å². The minimum atomic E-state index is 0. The highest BCUT2D eigenvalue weighted by Crippen LogP contribution is 1.97. The third-order valence-electron chi connectivity index (χ3n) is 1.98. The molecular weight excluding hydrogens is 244 g/mol. The van der Waals surface area contributed by atoms with E-state index < -0.39 is 0 Å². The molecule has 1 aromatic heterocycles. The van der Waals surface area contributed by atoms with Crippen LogP contribution in [0.2, 0.25) is 0 Å². The van der Waals surface area contributed by atoms with Crippen LogP contribution < -0.4 is 26.4 Å². The number of halogens is 1. The number of hydrogen-bond donors (Lipinski definition) is 0. The highest BCUT2D eigenvalue weighted by molar-refractivity contribution is 4.60. The minimum Gasteiger partial charge on any atom is -1.00 e. The normalized spacial score (nSPS) is 9.57. The molecule has 0 saturated heterocycles. The van der Waals surface area contributed by atoms with Crippen molar-refractivity contribution in [3.63, 3.8) is 0 Å². The molecule has 1 heterocycles. The summed E-state index contributed by atoms with van der Waals surface area (Å²) in [6.45, 7) is 3.03. The summed E-state index contributed by atoms with van der Waals surface area (Å²) in [5.41, 5.74) is 0. The van der Waals surface area contributed by atoms with Gasteiger partial charge in [-0.2, -0.15) is 0 Å². The van der Waals surface area contributed by atoms with Crippen LogP contribution in [0.5, 0.6) is 0 Å². The third kappa shape index (κ3) is 5.27. The third-order valence-corrected chi connectivity index (χ3v) is 1.98. The molecule has 0 aliphatic carbocycles. The first-order valence-corrected chi connectivity index (χ1v) is 4.99. The van der Waals surface area contributed by atoms with Crippen molar-refractivity contribution in [1.82, 2.24) is 4.73 Å². The summed E-state index contributed by atoms with van der Waals surface area (Å²) in [6, 6.07) is 0. The quantitative estimate of drug-likeness (QED) is 0.443. The maximum Gasteiger partial charge on any atom is 0.284 e. The first kappa shape index (κ1) is 13.5. The van der Waals surface area contributed by atoms with Crippen LogP contribution in [0, 0.1) is 0 Å². The minimum absolute atomic E-state index is 0. The predicted molar refractivity (Wildman–Crippen MR) is 51.2 cm³/mol. The SMILES string of the molecule is CCCCCCOn1cc[n+](C)c1.[Br-]. The van der Waals surface area contributed by atoms with Crippen LogP contribution in [0.3, 0.4) is 0 Å². The van der Waals surface area contributed by atoms with E-state index in [2.05, 4.69) is 6.92 Å². The van der Waals surface area contributed by atoms with Gasteiger partial charge < -0.3 is 21.8 Å². The molecule has 3 nitrogen and oxygen atoms in total. The van der Waals surface area contributed by atoms with Crippen molar-refractivity contribution < 1.29 is 26.4 Å². The van der Waals surface area contributed by atoms with Gasteiger partial charge in [-0.25, -0.2) is 4.57 Å². The van der Waals surface area contributed by atoms with Gasteiger partial charge in [-0.05, 0) is 12.8 Å². The number of aryl methyl sites for hydroxylation is 1. The van der Waals surface area contributed by atoms with E-state index in [9.17, 15) is 0 Å². The predicted octanol–water partition coefficient (Wildman–Crippen LogP) is -1.67. The van der Waals surface area contributed by atoms with Gasteiger partial charge in [-0.15, -0.1) is 0 Å². The summed E-state index contributed by atoms with van der Waals surface area (Å²) in [7, 11) is 1.98. The molecule has 0 aliphatic heterocycles. The lowest BCUT2D eigenvalue weighted by molar-refractivity contribution is -0.672. The summed E-state index contributed by atoms with van der Waals surface area (Å²) in [4.78, 5) is 5.47. The van der Waals surface area contributed by atoms with Crippen LogP contribution >= 0.6 is 0 Å². The highest BCUT2D eigenvalue weighted by atomic mass is 79.9. The molecule has 0 N–H and O–H groups in total. The lowest BCUT2D eigenvalue weighted by Gasteiger charge is -1.98. The second kappa shape index (κ2) is 7.85. The van der Waals surface area contributed by atoms with Gasteiger partial charge in [0.2, 0.25) is 0 Å². The molecule has 0 radical (unpaired) electrons. The maximum atomic E-state index is 5.47. The van der Waals surface area contributed by atoms with Gasteiger partial charge in [-0.3, -0.25) is 0 Å². The van der Waals surface area contributed by atoms with E-state index in [4.69, 9.17) is 4.84 Å². The summed E-state index contributed by atoms with van der Waals surface area (Å²) >= 11 is 0. The summed E-state index contributed by atoms with van der Waals surface area (Å²) < 4.78 is 3.72. The maximum absolute atomic E-state index is 5.47. The summed E-state index contributed by atoms with van der Waals surface area (Å²) in [6.07, 6.45) is 10.8. The topological polar surface area (TPSA) is 18.0 Å². The van der Waals surface area contributed by atoms with Gasteiger partial charge >= 0.3 is 0 Å². The van der Waals surface area contributed by atoms with Crippen LogP contribution in [0.25, 0.3) is 0 Å². The van der Waals surface area contributed by atoms with Crippen molar-refractivity contribution in [2.45, 2.75) is 32.6 Å². The Bertz CT molecular complexity index is 238. The van der Waals surface area contributed by atoms with E-state index in [0.29, 0.717) is 0 Å². The van der Waals surface area contributed by atoms with Crippen LogP contribution in [0.15, 0.2) is 18.7 Å². The number of nitrogens with zero attached hydrogens (tertiary/aromatic N) is 2. The number of imidazole rings is 1. The Morgan fingerprint density at radius 3 is 2.64 bits per heavy atom. The number of hydrogen-bond acceptors (Lipinski definition) is 1. The van der Waals surface area contributed by atoms with Gasteiger partial charge in [0.15, 0.2) is 6.20 Å². The molecule has 0 fully saturated rings. The molecule has 0 bridgehead atoms. The molecule has 0 atom stereocenters. The van der Waals surface area contributed by atoms with Crippen LogP contribution in [0.1, 0.15) is 32.6 Å². The molecule has 4 heteroatoms. The Kier molecular flexibility index (Phi) is 7.57. The summed E-state index contributed by atoms with van der Waals surface area (Å²) in [5, 5.41) is 0. The second-order valence-electron chi connectivity index (χ2n) is 3.33. The fraction of sp³-hybridized carbons (Fsp3) is 0.700. The number of aromatic nitrogens is 2. The number of unbranched alkanes of at least 4 members (excludes halogenated alkanes) is 3. The van der Waals surface area contributed by atoms with E-state index in [1.54, 1.807) is 4.73 Å². The smallest absolute Gasteiger partial charge is 0.284 e. The van der Waals surface area contributed by atoms with Gasteiger partial charge in [-0.1, -0.05) is 24.5 Å². The molecule has 0 spiro atoms. The van der Waals surface area contributed by atoms with E-state index in [1.807, 2.05) is 30.3 Å². The van der Waals surface area contributed by atoms with Gasteiger partial charge in [0.25, 0.3) is 6.33 Å². The van der Waals surface area contributed by atoms with Gasteiger partial charge in [0.1, 0.15) is 12.8 Å². The molecule has 1 rings (SSSR count). The lowest BCUT2D eigenvalue weighted by atomic mass is 10.2. The van der Waals surface area contributed by atoms with E-state index in [0.717, 1.165) is 13.0 Å². The zero-order valence-corrected chi connectivity index (χ0v) is 10.5. The van der Waals surface area contributed by atoms with E-state index >= 15 is 0 Å². The van der Waals surface area contributed by atoms with Gasteiger partial charge in [0.05, 0.1) is 7.05 Å². The standard InChI is InChI=1S/C10H19N2O.BrH/c1-3-4-5-6-9-13-12-8-7-11(2)10-12;/h7-8,10H,3-6,9H2,1-2H3;1H/q+1;/p-1. The van der Waals surface area contributed by atoms with Crippen molar-refractivity contribution in [3.05, 3.63) is 18.7 Å². The van der Waals surface area contributed by atoms with Crippen LogP contribution in [-0.2, 0) is 7.05 Å². The molecule has 0 unspecified atom stereocenters. The average Bonchev–Trinajstić information content (AvgIpc) is 2.51.